The van der Waals surface area contributed by atoms with Gasteiger partial charge >= 0.3 is 6.18 Å². The van der Waals surface area contributed by atoms with Gasteiger partial charge in [0.1, 0.15) is 5.54 Å². The average Bonchev–Trinajstić information content (AvgIpc) is 2.62. The summed E-state index contributed by atoms with van der Waals surface area (Å²) >= 11 is 0. The summed E-state index contributed by atoms with van der Waals surface area (Å²) in [5.41, 5.74) is -1.50. The van der Waals surface area contributed by atoms with Crippen molar-refractivity contribution < 1.29 is 13.2 Å². The van der Waals surface area contributed by atoms with Crippen LogP contribution in [0.25, 0.3) is 0 Å². The van der Waals surface area contributed by atoms with Gasteiger partial charge in [0.05, 0.1) is 0 Å². The van der Waals surface area contributed by atoms with Crippen LogP contribution in [0.1, 0.15) is 26.7 Å². The van der Waals surface area contributed by atoms with Gasteiger partial charge in [-0.3, -0.25) is 4.90 Å². The highest BCUT2D eigenvalue weighted by atomic mass is 19.4. The van der Waals surface area contributed by atoms with Gasteiger partial charge in [-0.05, 0) is 33.7 Å². The summed E-state index contributed by atoms with van der Waals surface area (Å²) in [7, 11) is 1.55. The normalized spacial score (nSPS) is 22.0. The Balaban J connectivity index is 2.73. The SMILES string of the molecule is CC(C)N(C)C1(C(F)(F)F)CC1. The Morgan fingerprint density at radius 1 is 1.25 bits per heavy atom. The van der Waals surface area contributed by atoms with Crippen molar-refractivity contribution in [3.8, 4) is 0 Å². The van der Waals surface area contributed by atoms with E-state index >= 15 is 0 Å². The number of alkyl halides is 3. The van der Waals surface area contributed by atoms with Gasteiger partial charge in [-0.15, -0.1) is 0 Å². The van der Waals surface area contributed by atoms with Crippen molar-refractivity contribution in [1.29, 1.82) is 0 Å². The number of rotatable bonds is 2. The highest BCUT2D eigenvalue weighted by Gasteiger charge is 2.66. The standard InChI is InChI=1S/C8H14F3N/c1-6(2)12(3)7(4-5-7)8(9,10)11/h6H,4-5H2,1-3H3. The minimum absolute atomic E-state index is 0.0471. The van der Waals surface area contributed by atoms with Gasteiger partial charge in [0.15, 0.2) is 0 Å². The molecule has 12 heavy (non-hydrogen) atoms. The summed E-state index contributed by atoms with van der Waals surface area (Å²) in [5, 5.41) is 0. The maximum Gasteiger partial charge on any atom is 0.406 e. The predicted molar refractivity (Wildman–Crippen MR) is 40.9 cm³/mol. The second-order valence-corrected chi connectivity index (χ2v) is 3.73. The maximum atomic E-state index is 12.5. The van der Waals surface area contributed by atoms with E-state index in [4.69, 9.17) is 0 Å². The molecular formula is C8H14F3N. The smallest absolute Gasteiger partial charge is 0.290 e. The molecule has 0 bridgehead atoms. The van der Waals surface area contributed by atoms with E-state index in [9.17, 15) is 13.2 Å². The van der Waals surface area contributed by atoms with Gasteiger partial charge in [-0.25, -0.2) is 0 Å². The molecule has 0 amide bonds. The van der Waals surface area contributed by atoms with Crippen LogP contribution in [0.15, 0.2) is 0 Å². The van der Waals surface area contributed by atoms with Gasteiger partial charge in [0, 0.05) is 6.04 Å². The number of hydrogen-bond acceptors (Lipinski definition) is 1. The van der Waals surface area contributed by atoms with Gasteiger partial charge in [-0.2, -0.15) is 13.2 Å². The summed E-state index contributed by atoms with van der Waals surface area (Å²) in [5.74, 6) is 0. The molecule has 0 aromatic heterocycles. The van der Waals surface area contributed by atoms with Gasteiger partial charge < -0.3 is 0 Å². The minimum atomic E-state index is -4.06. The lowest BCUT2D eigenvalue weighted by Gasteiger charge is -2.32. The average molecular weight is 181 g/mol. The molecule has 0 aliphatic heterocycles. The molecule has 0 saturated heterocycles. The Morgan fingerprint density at radius 3 is 1.75 bits per heavy atom. The van der Waals surface area contributed by atoms with Crippen LogP contribution in [0.2, 0.25) is 0 Å². The molecule has 1 aliphatic carbocycles. The van der Waals surface area contributed by atoms with Gasteiger partial charge in [0.2, 0.25) is 0 Å². The van der Waals surface area contributed by atoms with Crippen molar-refractivity contribution >= 4 is 0 Å². The summed E-state index contributed by atoms with van der Waals surface area (Å²) in [6.45, 7) is 3.57. The van der Waals surface area contributed by atoms with Crippen LogP contribution in [-0.2, 0) is 0 Å². The first kappa shape index (κ1) is 9.84. The van der Waals surface area contributed by atoms with Crippen LogP contribution < -0.4 is 0 Å². The largest absolute Gasteiger partial charge is 0.406 e. The van der Waals surface area contributed by atoms with Crippen LogP contribution in [0.3, 0.4) is 0 Å². The van der Waals surface area contributed by atoms with Crippen LogP contribution in [-0.4, -0.2) is 29.7 Å². The van der Waals surface area contributed by atoms with Crippen molar-refractivity contribution in [2.45, 2.75) is 44.4 Å². The van der Waals surface area contributed by atoms with E-state index in [1.807, 2.05) is 0 Å². The summed E-state index contributed by atoms with van der Waals surface area (Å²) in [6.07, 6.45) is -3.55. The van der Waals surface area contributed by atoms with E-state index in [2.05, 4.69) is 0 Å². The topological polar surface area (TPSA) is 3.24 Å². The third-order valence-corrected chi connectivity index (χ3v) is 2.70. The molecule has 0 aromatic carbocycles. The van der Waals surface area contributed by atoms with Crippen molar-refractivity contribution in [2.24, 2.45) is 0 Å². The molecule has 0 radical (unpaired) electrons. The quantitative estimate of drug-likeness (QED) is 0.632. The van der Waals surface area contributed by atoms with Crippen molar-refractivity contribution in [3.63, 3.8) is 0 Å². The van der Waals surface area contributed by atoms with E-state index < -0.39 is 11.7 Å². The summed E-state index contributed by atoms with van der Waals surface area (Å²) in [4.78, 5) is 1.42. The first-order chi connectivity index (χ1) is 5.31. The van der Waals surface area contributed by atoms with E-state index in [0.717, 1.165) is 0 Å². The van der Waals surface area contributed by atoms with Crippen LogP contribution in [0, 0.1) is 0 Å². The fraction of sp³-hybridized carbons (Fsp3) is 1.00. The molecule has 0 atom stereocenters. The Labute approximate surface area is 70.5 Å². The minimum Gasteiger partial charge on any atom is -0.290 e. The lowest BCUT2D eigenvalue weighted by molar-refractivity contribution is -0.196. The van der Waals surface area contributed by atoms with Crippen molar-refractivity contribution in [2.75, 3.05) is 7.05 Å². The molecule has 4 heteroatoms. The molecule has 0 N–H and O–H groups in total. The van der Waals surface area contributed by atoms with E-state index in [0.29, 0.717) is 0 Å². The third kappa shape index (κ3) is 1.32. The predicted octanol–water partition coefficient (Wildman–Crippen LogP) is 2.42. The van der Waals surface area contributed by atoms with Crippen LogP contribution in [0.5, 0.6) is 0 Å². The van der Waals surface area contributed by atoms with Crippen molar-refractivity contribution in [3.05, 3.63) is 0 Å². The number of halogens is 3. The molecule has 0 aromatic rings. The first-order valence-electron chi connectivity index (χ1n) is 4.11. The second-order valence-electron chi connectivity index (χ2n) is 3.73. The molecule has 1 fully saturated rings. The van der Waals surface area contributed by atoms with E-state index in [-0.39, 0.29) is 18.9 Å². The Hall–Kier alpha value is -0.250. The molecule has 1 nitrogen and oxygen atoms in total. The Kier molecular flexibility index (Phi) is 2.15. The molecule has 0 unspecified atom stereocenters. The molecular weight excluding hydrogens is 167 g/mol. The zero-order valence-electron chi connectivity index (χ0n) is 7.57. The lowest BCUT2D eigenvalue weighted by Crippen LogP contribution is -2.49. The maximum absolute atomic E-state index is 12.5. The molecule has 0 heterocycles. The third-order valence-electron chi connectivity index (χ3n) is 2.70. The summed E-state index contributed by atoms with van der Waals surface area (Å²) < 4.78 is 37.4. The van der Waals surface area contributed by atoms with Crippen molar-refractivity contribution in [1.82, 2.24) is 4.90 Å². The van der Waals surface area contributed by atoms with E-state index in [1.165, 1.54) is 4.90 Å². The zero-order valence-corrected chi connectivity index (χ0v) is 7.57. The number of hydrogen-bond donors (Lipinski definition) is 0. The monoisotopic (exact) mass is 181 g/mol. The van der Waals surface area contributed by atoms with Gasteiger partial charge in [0.25, 0.3) is 0 Å². The number of nitrogens with zero attached hydrogens (tertiary/aromatic N) is 1. The highest BCUT2D eigenvalue weighted by molar-refractivity contribution is 5.09. The second kappa shape index (κ2) is 2.62. The zero-order chi connectivity index (χ0) is 9.57. The van der Waals surface area contributed by atoms with Crippen LogP contribution >= 0.6 is 0 Å². The summed E-state index contributed by atoms with van der Waals surface area (Å²) in [6, 6.07) is -0.0471. The molecule has 1 rings (SSSR count). The lowest BCUT2D eigenvalue weighted by atomic mass is 10.2. The molecule has 1 aliphatic rings. The Bertz CT molecular complexity index is 170. The highest BCUT2D eigenvalue weighted by Crippen LogP contribution is 2.53. The molecule has 0 spiro atoms. The molecule has 72 valence electrons. The first-order valence-corrected chi connectivity index (χ1v) is 4.11. The van der Waals surface area contributed by atoms with Gasteiger partial charge in [-0.1, -0.05) is 0 Å². The fourth-order valence-corrected chi connectivity index (χ4v) is 1.45. The van der Waals surface area contributed by atoms with Crippen LogP contribution in [0.4, 0.5) is 13.2 Å². The Morgan fingerprint density at radius 2 is 1.67 bits per heavy atom. The fourth-order valence-electron chi connectivity index (χ4n) is 1.45. The molecule has 1 saturated carbocycles. The van der Waals surface area contributed by atoms with E-state index in [1.54, 1.807) is 20.9 Å².